The maximum absolute atomic E-state index is 5.52. The first-order chi connectivity index (χ1) is 8.68. The molecule has 1 aromatic rings. The van der Waals surface area contributed by atoms with Gasteiger partial charge < -0.3 is 10.1 Å². The van der Waals surface area contributed by atoms with Crippen LogP contribution in [0.2, 0.25) is 0 Å². The van der Waals surface area contributed by atoms with Gasteiger partial charge in [-0.25, -0.2) is 0 Å². The van der Waals surface area contributed by atoms with E-state index in [4.69, 9.17) is 4.74 Å². The van der Waals surface area contributed by atoms with Gasteiger partial charge >= 0.3 is 0 Å². The number of ether oxygens (including phenoxy) is 1. The molecule has 3 atom stereocenters. The Bertz CT molecular complexity index is 349. The minimum Gasteiger partial charge on any atom is -0.381 e. The van der Waals surface area contributed by atoms with E-state index in [0.717, 1.165) is 19.6 Å². The molecule has 0 bridgehead atoms. The molecule has 1 aromatic carbocycles. The normalized spacial score (nSPS) is 26.2. The predicted octanol–water partition coefficient (Wildman–Crippen LogP) is 3.40. The summed E-state index contributed by atoms with van der Waals surface area (Å²) in [5.41, 5.74) is 1.39. The zero-order chi connectivity index (χ0) is 13.0. The van der Waals surface area contributed by atoms with Crippen molar-refractivity contribution in [2.24, 2.45) is 11.8 Å². The molecule has 2 nitrogen and oxygen atoms in total. The molecule has 1 fully saturated rings. The van der Waals surface area contributed by atoms with E-state index in [-0.39, 0.29) is 0 Å². The van der Waals surface area contributed by atoms with Gasteiger partial charge in [-0.15, -0.1) is 0 Å². The highest BCUT2D eigenvalue weighted by Gasteiger charge is 2.26. The lowest BCUT2D eigenvalue weighted by molar-refractivity contribution is 0.0338. The molecule has 0 radical (unpaired) electrons. The van der Waals surface area contributed by atoms with Crippen molar-refractivity contribution < 1.29 is 4.74 Å². The number of hydrogen-bond donors (Lipinski definition) is 1. The van der Waals surface area contributed by atoms with Gasteiger partial charge in [-0.2, -0.15) is 0 Å². The van der Waals surface area contributed by atoms with Crippen LogP contribution < -0.4 is 5.32 Å². The van der Waals surface area contributed by atoms with Crippen LogP contribution in [0.4, 0.5) is 0 Å². The summed E-state index contributed by atoms with van der Waals surface area (Å²) < 4.78 is 5.52. The summed E-state index contributed by atoms with van der Waals surface area (Å²) in [5, 5.41) is 3.84. The lowest BCUT2D eigenvalue weighted by Crippen LogP contribution is -2.44. The van der Waals surface area contributed by atoms with Crippen molar-refractivity contribution in [2.45, 2.75) is 39.3 Å². The Balaban J connectivity index is 2.07. The molecule has 3 unspecified atom stereocenters. The zero-order valence-electron chi connectivity index (χ0n) is 11.7. The molecule has 18 heavy (non-hydrogen) atoms. The highest BCUT2D eigenvalue weighted by molar-refractivity contribution is 5.19. The Hall–Kier alpha value is -0.860. The predicted molar refractivity (Wildman–Crippen MR) is 75.5 cm³/mol. The number of benzene rings is 1. The van der Waals surface area contributed by atoms with Crippen LogP contribution in [0.15, 0.2) is 30.3 Å². The molecule has 0 aromatic heterocycles. The van der Waals surface area contributed by atoms with E-state index in [0.29, 0.717) is 23.9 Å². The second-order valence-corrected chi connectivity index (χ2v) is 5.75. The van der Waals surface area contributed by atoms with Gasteiger partial charge in [0.15, 0.2) is 0 Å². The lowest BCUT2D eigenvalue weighted by Gasteiger charge is -2.35. The fourth-order valence-electron chi connectivity index (χ4n) is 2.69. The summed E-state index contributed by atoms with van der Waals surface area (Å²) >= 11 is 0. The molecule has 1 N–H and O–H groups in total. The fourth-order valence-corrected chi connectivity index (χ4v) is 2.69. The van der Waals surface area contributed by atoms with E-state index in [1.807, 2.05) is 0 Å². The first-order valence-electron chi connectivity index (χ1n) is 7.07. The van der Waals surface area contributed by atoms with Crippen LogP contribution in [-0.4, -0.2) is 19.3 Å². The van der Waals surface area contributed by atoms with Gasteiger partial charge in [0.05, 0.1) is 6.61 Å². The van der Waals surface area contributed by atoms with Gasteiger partial charge in [-0.3, -0.25) is 0 Å². The monoisotopic (exact) mass is 247 g/mol. The molecule has 1 heterocycles. The average Bonchev–Trinajstić information content (AvgIpc) is 2.38. The summed E-state index contributed by atoms with van der Waals surface area (Å²) in [6.07, 6.45) is 1.12. The highest BCUT2D eigenvalue weighted by atomic mass is 16.5. The molecule has 2 heteroatoms. The van der Waals surface area contributed by atoms with Crippen molar-refractivity contribution >= 4 is 0 Å². The average molecular weight is 247 g/mol. The van der Waals surface area contributed by atoms with Crippen molar-refractivity contribution in [3.63, 3.8) is 0 Å². The molecule has 0 saturated carbocycles. The van der Waals surface area contributed by atoms with Crippen molar-refractivity contribution in [2.75, 3.05) is 13.2 Å². The molecule has 1 saturated heterocycles. The van der Waals surface area contributed by atoms with Gasteiger partial charge in [-0.05, 0) is 23.8 Å². The number of hydrogen-bond acceptors (Lipinski definition) is 2. The van der Waals surface area contributed by atoms with E-state index in [1.165, 1.54) is 5.56 Å². The summed E-state index contributed by atoms with van der Waals surface area (Å²) in [6.45, 7) is 8.63. The third kappa shape index (κ3) is 3.33. The fraction of sp³-hybridized carbons (Fsp3) is 0.625. The maximum Gasteiger partial charge on any atom is 0.0506 e. The summed E-state index contributed by atoms with van der Waals surface area (Å²) in [5.74, 6) is 1.20. The standard InChI is InChI=1S/C16H25NO/c1-12(2)16(14-7-5-4-6-8-14)17-15-9-10-18-11-13(15)3/h4-8,12-13,15-17H,9-11H2,1-3H3. The molecule has 1 aliphatic heterocycles. The molecule has 0 aliphatic carbocycles. The summed E-state index contributed by atoms with van der Waals surface area (Å²) in [4.78, 5) is 0. The van der Waals surface area contributed by atoms with E-state index >= 15 is 0 Å². The van der Waals surface area contributed by atoms with Gasteiger partial charge in [0, 0.05) is 18.7 Å². The highest BCUT2D eigenvalue weighted by Crippen LogP contribution is 2.25. The van der Waals surface area contributed by atoms with Crippen LogP contribution in [0, 0.1) is 11.8 Å². The molecule has 2 rings (SSSR count). The minimum absolute atomic E-state index is 0.441. The first-order valence-corrected chi connectivity index (χ1v) is 7.07. The van der Waals surface area contributed by atoms with Crippen LogP contribution in [0.3, 0.4) is 0 Å². The molecule has 0 spiro atoms. The minimum atomic E-state index is 0.441. The quantitative estimate of drug-likeness (QED) is 0.880. The van der Waals surface area contributed by atoms with Crippen molar-refractivity contribution in [1.29, 1.82) is 0 Å². The van der Waals surface area contributed by atoms with Crippen molar-refractivity contribution in [3.8, 4) is 0 Å². The second-order valence-electron chi connectivity index (χ2n) is 5.75. The lowest BCUT2D eigenvalue weighted by atomic mass is 9.91. The number of rotatable bonds is 4. The number of nitrogens with one attached hydrogen (secondary N) is 1. The van der Waals surface area contributed by atoms with Gasteiger partial charge in [0.1, 0.15) is 0 Å². The van der Waals surface area contributed by atoms with E-state index in [2.05, 4.69) is 56.4 Å². The SMILES string of the molecule is CC(C)C(NC1CCOCC1C)c1ccccc1. The first kappa shape index (κ1) is 13.6. The van der Waals surface area contributed by atoms with Crippen molar-refractivity contribution in [1.82, 2.24) is 5.32 Å². The van der Waals surface area contributed by atoms with Crippen LogP contribution in [0.25, 0.3) is 0 Å². The molecular formula is C16H25NO. The zero-order valence-corrected chi connectivity index (χ0v) is 11.7. The van der Waals surface area contributed by atoms with E-state index in [1.54, 1.807) is 0 Å². The molecular weight excluding hydrogens is 222 g/mol. The maximum atomic E-state index is 5.52. The Kier molecular flexibility index (Phi) is 4.79. The molecule has 0 amide bonds. The molecule has 1 aliphatic rings. The smallest absolute Gasteiger partial charge is 0.0506 e. The van der Waals surface area contributed by atoms with Gasteiger partial charge in [0.25, 0.3) is 0 Å². The van der Waals surface area contributed by atoms with Crippen LogP contribution in [0.1, 0.15) is 38.8 Å². The van der Waals surface area contributed by atoms with Crippen LogP contribution in [-0.2, 0) is 4.74 Å². The largest absolute Gasteiger partial charge is 0.381 e. The van der Waals surface area contributed by atoms with E-state index < -0.39 is 0 Å². The van der Waals surface area contributed by atoms with E-state index in [9.17, 15) is 0 Å². The van der Waals surface area contributed by atoms with Gasteiger partial charge in [0.2, 0.25) is 0 Å². The Morgan fingerprint density at radius 1 is 1.22 bits per heavy atom. The Morgan fingerprint density at radius 2 is 1.94 bits per heavy atom. The van der Waals surface area contributed by atoms with Crippen LogP contribution >= 0.6 is 0 Å². The van der Waals surface area contributed by atoms with Gasteiger partial charge in [-0.1, -0.05) is 51.1 Å². The Labute approximate surface area is 111 Å². The topological polar surface area (TPSA) is 21.3 Å². The molecule has 100 valence electrons. The van der Waals surface area contributed by atoms with Crippen LogP contribution in [0.5, 0.6) is 0 Å². The van der Waals surface area contributed by atoms with Crippen molar-refractivity contribution in [3.05, 3.63) is 35.9 Å². The summed E-state index contributed by atoms with van der Waals surface area (Å²) in [7, 11) is 0. The third-order valence-electron chi connectivity index (χ3n) is 3.86. The summed E-state index contributed by atoms with van der Waals surface area (Å²) in [6, 6.07) is 11.8. The second kappa shape index (κ2) is 6.35. The Morgan fingerprint density at radius 3 is 2.56 bits per heavy atom. The third-order valence-corrected chi connectivity index (χ3v) is 3.86.